The maximum atomic E-state index is 6.17. The van der Waals surface area contributed by atoms with Crippen LogP contribution in [0, 0.1) is 0 Å². The van der Waals surface area contributed by atoms with Gasteiger partial charge in [-0.3, -0.25) is 4.98 Å². The van der Waals surface area contributed by atoms with Crippen LogP contribution < -0.4 is 4.90 Å². The van der Waals surface area contributed by atoms with Crippen molar-refractivity contribution in [2.45, 2.75) is 18.8 Å². The summed E-state index contributed by atoms with van der Waals surface area (Å²) in [6.07, 6.45) is 6.67. The van der Waals surface area contributed by atoms with Gasteiger partial charge < -0.3 is 9.42 Å². The van der Waals surface area contributed by atoms with E-state index in [9.17, 15) is 0 Å². The van der Waals surface area contributed by atoms with Gasteiger partial charge in [0.05, 0.1) is 6.20 Å². The fraction of sp³-hybridized carbons (Fsp3) is 0.312. The second-order valence-electron chi connectivity index (χ2n) is 5.63. The normalized spacial score (nSPS) is 15.6. The van der Waals surface area contributed by atoms with E-state index in [4.69, 9.17) is 16.1 Å². The summed E-state index contributed by atoms with van der Waals surface area (Å²) in [5.41, 5.74) is 0.720. The van der Waals surface area contributed by atoms with Crippen LogP contribution in [0.5, 0.6) is 0 Å². The molecule has 0 aliphatic carbocycles. The average molecular weight is 343 g/mol. The Morgan fingerprint density at radius 1 is 1.17 bits per heavy atom. The minimum Gasteiger partial charge on any atom is -0.355 e. The first kappa shape index (κ1) is 15.0. The molecule has 4 heterocycles. The lowest BCUT2D eigenvalue weighted by Crippen LogP contribution is -2.33. The molecular weight excluding hydrogens is 328 g/mol. The Kier molecular flexibility index (Phi) is 4.08. The van der Waals surface area contributed by atoms with Gasteiger partial charge in [0, 0.05) is 25.2 Å². The lowest BCUT2D eigenvalue weighted by atomic mass is 9.97. The first-order valence-electron chi connectivity index (χ1n) is 7.77. The van der Waals surface area contributed by atoms with Gasteiger partial charge in [-0.15, -0.1) is 0 Å². The summed E-state index contributed by atoms with van der Waals surface area (Å²) in [5, 5.41) is 4.62. The molecule has 122 valence electrons. The average Bonchev–Trinajstić information content (AvgIpc) is 3.13. The summed E-state index contributed by atoms with van der Waals surface area (Å²) in [4.78, 5) is 19.1. The van der Waals surface area contributed by atoms with E-state index >= 15 is 0 Å². The van der Waals surface area contributed by atoms with Gasteiger partial charge in [-0.1, -0.05) is 22.8 Å². The Bertz CT molecular complexity index is 816. The number of hydrogen-bond donors (Lipinski definition) is 0. The zero-order valence-corrected chi connectivity index (χ0v) is 13.6. The van der Waals surface area contributed by atoms with Crippen molar-refractivity contribution in [3.8, 4) is 11.5 Å². The summed E-state index contributed by atoms with van der Waals surface area (Å²) < 4.78 is 5.45. The van der Waals surface area contributed by atoms with Gasteiger partial charge in [-0.25, -0.2) is 9.97 Å². The molecule has 8 heteroatoms. The predicted molar refractivity (Wildman–Crippen MR) is 88.8 cm³/mol. The number of pyridine rings is 1. The van der Waals surface area contributed by atoms with Gasteiger partial charge in [0.25, 0.3) is 0 Å². The largest absolute Gasteiger partial charge is 0.355 e. The molecule has 0 radical (unpaired) electrons. The molecule has 1 aliphatic rings. The Morgan fingerprint density at radius 2 is 2.04 bits per heavy atom. The molecule has 0 spiro atoms. The van der Waals surface area contributed by atoms with Crippen LogP contribution >= 0.6 is 11.6 Å². The zero-order chi connectivity index (χ0) is 16.4. The molecule has 1 fully saturated rings. The van der Waals surface area contributed by atoms with E-state index < -0.39 is 0 Å². The van der Waals surface area contributed by atoms with Crippen molar-refractivity contribution in [3.63, 3.8) is 0 Å². The smallest absolute Gasteiger partial charge is 0.230 e. The van der Waals surface area contributed by atoms with E-state index in [1.165, 1.54) is 6.33 Å². The molecule has 1 aliphatic heterocycles. The van der Waals surface area contributed by atoms with Crippen LogP contribution in [-0.2, 0) is 0 Å². The van der Waals surface area contributed by atoms with Gasteiger partial charge in [-0.2, -0.15) is 4.98 Å². The topological polar surface area (TPSA) is 80.8 Å². The molecule has 0 saturated carbocycles. The minimum absolute atomic E-state index is 0.242. The minimum atomic E-state index is 0.242. The molecular formula is C16H15ClN6O. The predicted octanol–water partition coefficient (Wildman–Crippen LogP) is 2.96. The van der Waals surface area contributed by atoms with E-state index in [-0.39, 0.29) is 5.92 Å². The van der Waals surface area contributed by atoms with Gasteiger partial charge in [-0.05, 0) is 25.0 Å². The van der Waals surface area contributed by atoms with Gasteiger partial charge >= 0.3 is 0 Å². The second-order valence-corrected chi connectivity index (χ2v) is 6.03. The maximum absolute atomic E-state index is 6.17. The number of piperidine rings is 1. The molecule has 0 N–H and O–H groups in total. The van der Waals surface area contributed by atoms with Crippen molar-refractivity contribution in [1.82, 2.24) is 25.1 Å². The van der Waals surface area contributed by atoms with Crippen LogP contribution in [0.25, 0.3) is 11.5 Å². The number of rotatable bonds is 3. The fourth-order valence-electron chi connectivity index (χ4n) is 2.88. The summed E-state index contributed by atoms with van der Waals surface area (Å²) in [6, 6.07) is 5.63. The van der Waals surface area contributed by atoms with Crippen molar-refractivity contribution >= 4 is 17.4 Å². The molecule has 24 heavy (non-hydrogen) atoms. The van der Waals surface area contributed by atoms with Crippen molar-refractivity contribution < 1.29 is 4.52 Å². The summed E-state index contributed by atoms with van der Waals surface area (Å²) in [6.45, 7) is 1.67. The standard InChI is InChI=1S/C16H15ClN6O/c17-12-9-18-10-20-15(12)23-7-4-11(5-8-23)16-21-14(22-24-16)13-3-1-2-6-19-13/h1-3,6,9-11H,4-5,7-8H2. The Balaban J connectivity index is 1.45. The number of nitrogens with zero attached hydrogens (tertiary/aromatic N) is 6. The van der Waals surface area contributed by atoms with E-state index in [0.717, 1.165) is 37.4 Å². The highest BCUT2D eigenvalue weighted by atomic mass is 35.5. The summed E-state index contributed by atoms with van der Waals surface area (Å²) in [5.74, 6) is 2.23. The van der Waals surface area contributed by atoms with Crippen molar-refractivity contribution in [2.75, 3.05) is 18.0 Å². The van der Waals surface area contributed by atoms with Gasteiger partial charge in [0.1, 0.15) is 17.0 Å². The summed E-state index contributed by atoms with van der Waals surface area (Å²) in [7, 11) is 0. The van der Waals surface area contributed by atoms with E-state index in [2.05, 4.69) is 30.0 Å². The molecule has 4 rings (SSSR count). The highest BCUT2D eigenvalue weighted by Crippen LogP contribution is 2.31. The molecule has 7 nitrogen and oxygen atoms in total. The van der Waals surface area contributed by atoms with Crippen LogP contribution in [0.3, 0.4) is 0 Å². The molecule has 0 amide bonds. The fourth-order valence-corrected chi connectivity index (χ4v) is 3.10. The Labute approximate surface area is 143 Å². The van der Waals surface area contributed by atoms with E-state index in [1.807, 2.05) is 18.2 Å². The molecule has 0 unspecified atom stereocenters. The van der Waals surface area contributed by atoms with Crippen LogP contribution in [0.4, 0.5) is 5.82 Å². The first-order valence-corrected chi connectivity index (χ1v) is 8.14. The molecule has 0 bridgehead atoms. The second kappa shape index (κ2) is 6.52. The Hall–Kier alpha value is -2.54. The SMILES string of the molecule is Clc1cncnc1N1CCC(c2nc(-c3ccccn3)no2)CC1. The van der Waals surface area contributed by atoms with Crippen LogP contribution in [0.1, 0.15) is 24.7 Å². The van der Waals surface area contributed by atoms with Gasteiger partial charge in [0.2, 0.25) is 11.7 Å². The van der Waals surface area contributed by atoms with E-state index in [1.54, 1.807) is 12.4 Å². The lowest BCUT2D eigenvalue weighted by Gasteiger charge is -2.31. The molecule has 0 atom stereocenters. The maximum Gasteiger partial charge on any atom is 0.230 e. The number of hydrogen-bond acceptors (Lipinski definition) is 7. The number of aromatic nitrogens is 5. The van der Waals surface area contributed by atoms with Crippen molar-refractivity contribution in [2.24, 2.45) is 0 Å². The van der Waals surface area contributed by atoms with Crippen molar-refractivity contribution in [1.29, 1.82) is 0 Å². The molecule has 1 saturated heterocycles. The monoisotopic (exact) mass is 342 g/mol. The molecule has 3 aromatic rings. The Morgan fingerprint density at radius 3 is 2.79 bits per heavy atom. The van der Waals surface area contributed by atoms with Crippen LogP contribution in [-0.4, -0.2) is 38.2 Å². The molecule has 0 aromatic carbocycles. The highest BCUT2D eigenvalue weighted by Gasteiger charge is 2.27. The quantitative estimate of drug-likeness (QED) is 0.723. The number of anilines is 1. The van der Waals surface area contributed by atoms with Crippen molar-refractivity contribution in [3.05, 3.63) is 47.8 Å². The van der Waals surface area contributed by atoms with Crippen LogP contribution in [0.15, 0.2) is 41.4 Å². The third kappa shape index (κ3) is 2.94. The molecule has 3 aromatic heterocycles. The lowest BCUT2D eigenvalue weighted by molar-refractivity contribution is 0.329. The third-order valence-corrected chi connectivity index (χ3v) is 4.39. The van der Waals surface area contributed by atoms with Crippen LogP contribution in [0.2, 0.25) is 5.02 Å². The van der Waals surface area contributed by atoms with Gasteiger partial charge in [0.15, 0.2) is 5.82 Å². The first-order chi connectivity index (χ1) is 11.8. The van der Waals surface area contributed by atoms with E-state index in [0.29, 0.717) is 16.7 Å². The third-order valence-electron chi connectivity index (χ3n) is 4.13. The summed E-state index contributed by atoms with van der Waals surface area (Å²) >= 11 is 6.17. The highest BCUT2D eigenvalue weighted by molar-refractivity contribution is 6.32. The number of halogens is 1. The zero-order valence-electron chi connectivity index (χ0n) is 12.8.